The molecule has 1 unspecified atom stereocenters. The number of rotatable bonds is 6. The lowest BCUT2D eigenvalue weighted by molar-refractivity contribution is -0.156. The van der Waals surface area contributed by atoms with Crippen molar-refractivity contribution >= 4 is 11.9 Å². The summed E-state index contributed by atoms with van der Waals surface area (Å²) in [5.74, 6) is -0.464. The molecule has 1 rings (SSSR count). The Morgan fingerprint density at radius 1 is 1.53 bits per heavy atom. The van der Waals surface area contributed by atoms with Crippen LogP contribution in [0.15, 0.2) is 11.6 Å². The van der Waals surface area contributed by atoms with E-state index in [0.717, 1.165) is 31.3 Å². The quantitative estimate of drug-likeness (QED) is 0.409. The second-order valence-electron chi connectivity index (χ2n) is 3.67. The van der Waals surface area contributed by atoms with E-state index in [-0.39, 0.29) is 18.0 Å². The van der Waals surface area contributed by atoms with Crippen LogP contribution >= 0.6 is 0 Å². The third-order valence-electron chi connectivity index (χ3n) is 2.44. The molecule has 0 aliphatic carbocycles. The summed E-state index contributed by atoms with van der Waals surface area (Å²) in [5, 5.41) is 0. The Bertz CT molecular complexity index is 284. The molecule has 2 N–H and O–H groups in total. The van der Waals surface area contributed by atoms with Crippen molar-refractivity contribution in [2.75, 3.05) is 0 Å². The third kappa shape index (κ3) is 3.38. The normalized spacial score (nSPS) is 22.3. The van der Waals surface area contributed by atoms with E-state index in [1.165, 1.54) is 0 Å². The first-order valence-electron chi connectivity index (χ1n) is 5.34. The van der Waals surface area contributed by atoms with Crippen LogP contribution in [0.2, 0.25) is 0 Å². The minimum atomic E-state index is -0.267. The maximum absolute atomic E-state index is 11.0. The molecule has 1 amide bonds. The number of carbonyl (C=O) groups excluding carboxylic acids is 2. The summed E-state index contributed by atoms with van der Waals surface area (Å²) in [6, 6.07) is 0. The Balaban J connectivity index is 2.20. The van der Waals surface area contributed by atoms with E-state index in [9.17, 15) is 9.59 Å². The number of ether oxygens (including phenoxy) is 1. The first-order chi connectivity index (χ1) is 7.15. The van der Waals surface area contributed by atoms with Crippen LogP contribution < -0.4 is 5.73 Å². The van der Waals surface area contributed by atoms with Gasteiger partial charge in [0.05, 0.1) is 5.57 Å². The molecule has 1 aliphatic heterocycles. The van der Waals surface area contributed by atoms with Crippen LogP contribution in [0.1, 0.15) is 39.0 Å². The Kier molecular flexibility index (Phi) is 4.34. The van der Waals surface area contributed by atoms with E-state index in [0.29, 0.717) is 6.42 Å². The summed E-state index contributed by atoms with van der Waals surface area (Å²) in [7, 11) is 0. The fraction of sp³-hybridized carbons (Fsp3) is 0.636. The number of hydrogen-bond acceptors (Lipinski definition) is 3. The van der Waals surface area contributed by atoms with Crippen molar-refractivity contribution in [3.8, 4) is 0 Å². The average molecular weight is 211 g/mol. The minimum Gasteiger partial charge on any atom is -0.454 e. The molecule has 0 aromatic carbocycles. The number of allylic oxidation sites excluding steroid dienone is 1. The lowest BCUT2D eigenvalue weighted by Gasteiger charge is -2.27. The Morgan fingerprint density at radius 2 is 2.27 bits per heavy atom. The Labute approximate surface area is 89.5 Å². The first kappa shape index (κ1) is 11.8. The van der Waals surface area contributed by atoms with Crippen molar-refractivity contribution in [3.05, 3.63) is 11.6 Å². The number of primary amides is 1. The molecule has 0 bridgehead atoms. The molecule has 4 nitrogen and oxygen atoms in total. The molecule has 1 aliphatic rings. The fourth-order valence-corrected chi connectivity index (χ4v) is 1.55. The van der Waals surface area contributed by atoms with Gasteiger partial charge in [0.1, 0.15) is 6.10 Å². The molecule has 84 valence electrons. The molecule has 1 fully saturated rings. The van der Waals surface area contributed by atoms with Crippen molar-refractivity contribution < 1.29 is 14.3 Å². The SMILES string of the molecule is CCC1OC(=O)/C1=C/CCCCC(N)=O. The maximum Gasteiger partial charge on any atom is 0.338 e. The number of esters is 1. The zero-order chi connectivity index (χ0) is 11.3. The van der Waals surface area contributed by atoms with Crippen molar-refractivity contribution in [1.29, 1.82) is 0 Å². The molecule has 0 radical (unpaired) electrons. The van der Waals surface area contributed by atoms with Gasteiger partial charge in [0.2, 0.25) is 5.91 Å². The molecule has 1 heterocycles. The lowest BCUT2D eigenvalue weighted by Crippen LogP contribution is -2.35. The molecule has 0 spiro atoms. The van der Waals surface area contributed by atoms with Gasteiger partial charge in [0.15, 0.2) is 0 Å². The summed E-state index contributed by atoms with van der Waals surface area (Å²) >= 11 is 0. The second-order valence-corrected chi connectivity index (χ2v) is 3.67. The van der Waals surface area contributed by atoms with Crippen molar-refractivity contribution in [1.82, 2.24) is 0 Å². The number of cyclic esters (lactones) is 1. The van der Waals surface area contributed by atoms with Gasteiger partial charge in [-0.05, 0) is 25.7 Å². The highest BCUT2D eigenvalue weighted by atomic mass is 16.6. The Morgan fingerprint density at radius 3 is 2.80 bits per heavy atom. The van der Waals surface area contributed by atoms with E-state index in [1.54, 1.807) is 0 Å². The largest absolute Gasteiger partial charge is 0.454 e. The highest BCUT2D eigenvalue weighted by Crippen LogP contribution is 2.24. The smallest absolute Gasteiger partial charge is 0.338 e. The van der Waals surface area contributed by atoms with Gasteiger partial charge in [-0.25, -0.2) is 4.79 Å². The van der Waals surface area contributed by atoms with Crippen molar-refractivity contribution in [3.63, 3.8) is 0 Å². The molecular formula is C11H17NO3. The van der Waals surface area contributed by atoms with Crippen LogP contribution in [0.4, 0.5) is 0 Å². The fourth-order valence-electron chi connectivity index (χ4n) is 1.55. The molecule has 4 heteroatoms. The number of carbonyl (C=O) groups is 2. The number of amides is 1. The molecule has 0 aromatic rings. The van der Waals surface area contributed by atoms with Crippen LogP contribution in [-0.4, -0.2) is 18.0 Å². The van der Waals surface area contributed by atoms with E-state index in [2.05, 4.69) is 0 Å². The summed E-state index contributed by atoms with van der Waals surface area (Å²) in [6.07, 6.45) is 5.65. The van der Waals surface area contributed by atoms with Crippen LogP contribution in [0.25, 0.3) is 0 Å². The summed E-state index contributed by atoms with van der Waals surface area (Å²) < 4.78 is 4.91. The topological polar surface area (TPSA) is 69.4 Å². The van der Waals surface area contributed by atoms with Gasteiger partial charge in [-0.3, -0.25) is 4.79 Å². The highest BCUT2D eigenvalue weighted by Gasteiger charge is 2.33. The molecule has 15 heavy (non-hydrogen) atoms. The molecule has 0 aromatic heterocycles. The lowest BCUT2D eigenvalue weighted by atomic mass is 10.00. The predicted octanol–water partition coefficient (Wildman–Crippen LogP) is 1.29. The third-order valence-corrected chi connectivity index (χ3v) is 2.44. The van der Waals surface area contributed by atoms with Gasteiger partial charge in [0, 0.05) is 6.42 Å². The second kappa shape index (κ2) is 5.53. The van der Waals surface area contributed by atoms with Crippen LogP contribution in [0, 0.1) is 0 Å². The number of nitrogens with two attached hydrogens (primary N) is 1. The van der Waals surface area contributed by atoms with E-state index >= 15 is 0 Å². The molecule has 1 saturated heterocycles. The standard InChI is InChI=1S/C11H17NO3/c1-2-9-8(11(14)15-9)6-4-3-5-7-10(12)13/h6,9H,2-5,7H2,1H3,(H2,12,13)/b8-6+. The van der Waals surface area contributed by atoms with Gasteiger partial charge >= 0.3 is 5.97 Å². The molecular weight excluding hydrogens is 194 g/mol. The predicted molar refractivity (Wildman–Crippen MR) is 55.9 cm³/mol. The molecule has 1 atom stereocenters. The van der Waals surface area contributed by atoms with Gasteiger partial charge in [0.25, 0.3) is 0 Å². The maximum atomic E-state index is 11.0. The first-order valence-corrected chi connectivity index (χ1v) is 5.34. The molecule has 0 saturated carbocycles. The zero-order valence-corrected chi connectivity index (χ0v) is 8.99. The van der Waals surface area contributed by atoms with Crippen LogP contribution in [0.5, 0.6) is 0 Å². The van der Waals surface area contributed by atoms with Gasteiger partial charge in [-0.15, -0.1) is 0 Å². The van der Waals surface area contributed by atoms with Gasteiger partial charge < -0.3 is 10.5 Å². The minimum absolute atomic E-state index is 0.00589. The number of unbranched alkanes of at least 4 members (excludes halogenated alkanes) is 2. The van der Waals surface area contributed by atoms with Crippen LogP contribution in [0.3, 0.4) is 0 Å². The van der Waals surface area contributed by atoms with Crippen molar-refractivity contribution in [2.24, 2.45) is 5.73 Å². The summed E-state index contributed by atoms with van der Waals surface area (Å²) in [4.78, 5) is 21.5. The van der Waals surface area contributed by atoms with E-state index < -0.39 is 0 Å². The Hall–Kier alpha value is -1.32. The highest BCUT2D eigenvalue weighted by molar-refractivity contribution is 5.95. The van der Waals surface area contributed by atoms with Crippen molar-refractivity contribution in [2.45, 2.75) is 45.1 Å². The average Bonchev–Trinajstić information content (AvgIpc) is 2.18. The summed E-state index contributed by atoms with van der Waals surface area (Å²) in [6.45, 7) is 1.98. The van der Waals surface area contributed by atoms with Crippen LogP contribution in [-0.2, 0) is 14.3 Å². The summed E-state index contributed by atoms with van der Waals surface area (Å²) in [5.41, 5.74) is 5.80. The zero-order valence-electron chi connectivity index (χ0n) is 8.99. The van der Waals surface area contributed by atoms with Gasteiger partial charge in [-0.1, -0.05) is 13.0 Å². The monoisotopic (exact) mass is 211 g/mol. The van der Waals surface area contributed by atoms with E-state index in [4.69, 9.17) is 10.5 Å². The number of hydrogen-bond donors (Lipinski definition) is 1. The van der Waals surface area contributed by atoms with Gasteiger partial charge in [-0.2, -0.15) is 0 Å². The van der Waals surface area contributed by atoms with E-state index in [1.807, 2.05) is 13.0 Å².